The molecule has 0 amide bonds. The van der Waals surface area contributed by atoms with E-state index in [2.05, 4.69) is 29.9 Å². The molecule has 2 nitrogen and oxygen atoms in total. The van der Waals surface area contributed by atoms with Crippen molar-refractivity contribution in [1.29, 1.82) is 0 Å². The third-order valence-corrected chi connectivity index (χ3v) is 3.08. The van der Waals surface area contributed by atoms with Gasteiger partial charge in [0.2, 0.25) is 0 Å². The topological polar surface area (TPSA) is 15.6 Å². The van der Waals surface area contributed by atoms with Gasteiger partial charge in [-0.25, -0.2) is 0 Å². The molecule has 1 unspecified atom stereocenters. The van der Waals surface area contributed by atoms with Crippen molar-refractivity contribution in [2.45, 2.75) is 32.4 Å². The zero-order chi connectivity index (χ0) is 8.55. The van der Waals surface area contributed by atoms with Gasteiger partial charge in [-0.3, -0.25) is 4.99 Å². The molecule has 0 bridgehead atoms. The first-order chi connectivity index (χ1) is 5.79. The molecule has 1 atom stereocenters. The molecular weight excluding hydrogens is 148 g/mol. The van der Waals surface area contributed by atoms with E-state index in [1.807, 2.05) is 6.21 Å². The Morgan fingerprint density at radius 3 is 2.83 bits per heavy atom. The van der Waals surface area contributed by atoms with Crippen LogP contribution >= 0.6 is 0 Å². The van der Waals surface area contributed by atoms with Crippen LogP contribution in [-0.2, 0) is 0 Å². The van der Waals surface area contributed by atoms with Crippen molar-refractivity contribution in [1.82, 2.24) is 4.90 Å². The summed E-state index contributed by atoms with van der Waals surface area (Å²) in [6.45, 7) is 2.15. The van der Waals surface area contributed by atoms with Gasteiger partial charge < -0.3 is 4.90 Å². The van der Waals surface area contributed by atoms with E-state index in [1.165, 1.54) is 25.0 Å². The minimum absolute atomic E-state index is 0.434. The third kappa shape index (κ3) is 1.15. The molecule has 1 heterocycles. The highest BCUT2D eigenvalue weighted by molar-refractivity contribution is 5.73. The Morgan fingerprint density at radius 1 is 1.50 bits per heavy atom. The Bertz CT molecular complexity index is 226. The largest absolute Gasteiger partial charge is 0.356 e. The predicted molar refractivity (Wildman–Crippen MR) is 51.1 cm³/mol. The molecule has 0 N–H and O–H groups in total. The molecule has 66 valence electrons. The lowest BCUT2D eigenvalue weighted by molar-refractivity contribution is 0.151. The molecule has 1 aliphatic carbocycles. The molecule has 1 fully saturated rings. The van der Waals surface area contributed by atoms with Crippen molar-refractivity contribution >= 4 is 6.21 Å². The maximum absolute atomic E-state index is 4.51. The SMILES string of the molecule is CC1=CC=NC(C2CCC2)N1C. The van der Waals surface area contributed by atoms with Crippen molar-refractivity contribution in [2.75, 3.05) is 7.05 Å². The summed E-state index contributed by atoms with van der Waals surface area (Å²) in [5.74, 6) is 0.815. The second-order valence-corrected chi connectivity index (χ2v) is 3.82. The Hall–Kier alpha value is -0.790. The predicted octanol–water partition coefficient (Wildman–Crippen LogP) is 2.03. The Kier molecular flexibility index (Phi) is 1.91. The second-order valence-electron chi connectivity index (χ2n) is 3.82. The fourth-order valence-corrected chi connectivity index (χ4v) is 1.84. The Balaban J connectivity index is 2.07. The highest BCUT2D eigenvalue weighted by Gasteiger charge is 2.30. The van der Waals surface area contributed by atoms with Crippen LogP contribution in [0.2, 0.25) is 0 Å². The van der Waals surface area contributed by atoms with Gasteiger partial charge in [-0.2, -0.15) is 0 Å². The van der Waals surface area contributed by atoms with Gasteiger partial charge in [0.15, 0.2) is 0 Å². The summed E-state index contributed by atoms with van der Waals surface area (Å²) in [6.07, 6.45) is 8.59. The highest BCUT2D eigenvalue weighted by Crippen LogP contribution is 2.34. The summed E-state index contributed by atoms with van der Waals surface area (Å²) in [5, 5.41) is 0. The quantitative estimate of drug-likeness (QED) is 0.579. The van der Waals surface area contributed by atoms with Crippen LogP contribution in [0.25, 0.3) is 0 Å². The molecule has 0 spiro atoms. The lowest BCUT2D eigenvalue weighted by Crippen LogP contribution is -2.40. The van der Waals surface area contributed by atoms with E-state index in [9.17, 15) is 0 Å². The van der Waals surface area contributed by atoms with Crippen molar-refractivity contribution < 1.29 is 0 Å². The number of allylic oxidation sites excluding steroid dienone is 2. The minimum atomic E-state index is 0.434. The fourth-order valence-electron chi connectivity index (χ4n) is 1.84. The lowest BCUT2D eigenvalue weighted by atomic mass is 9.82. The average molecular weight is 164 g/mol. The number of hydrogen-bond acceptors (Lipinski definition) is 2. The summed E-state index contributed by atoms with van der Waals surface area (Å²) >= 11 is 0. The first-order valence-electron chi connectivity index (χ1n) is 4.72. The van der Waals surface area contributed by atoms with Gasteiger partial charge in [0.25, 0.3) is 0 Å². The smallest absolute Gasteiger partial charge is 0.123 e. The standard InChI is InChI=1S/C10H16N2/c1-8-6-7-11-10(12(8)2)9-4-3-5-9/h6-7,9-10H,3-5H2,1-2H3. The molecule has 0 aromatic carbocycles. The van der Waals surface area contributed by atoms with Crippen LogP contribution in [0, 0.1) is 5.92 Å². The van der Waals surface area contributed by atoms with E-state index in [0.29, 0.717) is 6.17 Å². The third-order valence-electron chi connectivity index (χ3n) is 3.08. The molecule has 2 heteroatoms. The van der Waals surface area contributed by atoms with Crippen LogP contribution in [0.3, 0.4) is 0 Å². The zero-order valence-electron chi connectivity index (χ0n) is 7.83. The van der Waals surface area contributed by atoms with Gasteiger partial charge in [-0.05, 0) is 31.8 Å². The zero-order valence-corrected chi connectivity index (χ0v) is 7.83. The molecule has 0 aromatic rings. The van der Waals surface area contributed by atoms with Crippen LogP contribution in [0.4, 0.5) is 0 Å². The van der Waals surface area contributed by atoms with Gasteiger partial charge in [-0.1, -0.05) is 6.42 Å². The molecule has 12 heavy (non-hydrogen) atoms. The van der Waals surface area contributed by atoms with Crippen LogP contribution in [-0.4, -0.2) is 24.3 Å². The maximum Gasteiger partial charge on any atom is 0.123 e. The number of nitrogens with zero attached hydrogens (tertiary/aromatic N) is 2. The number of hydrogen-bond donors (Lipinski definition) is 0. The van der Waals surface area contributed by atoms with Gasteiger partial charge in [0, 0.05) is 19.0 Å². The maximum atomic E-state index is 4.51. The molecule has 0 radical (unpaired) electrons. The summed E-state index contributed by atoms with van der Waals surface area (Å²) in [5.41, 5.74) is 1.34. The summed E-state index contributed by atoms with van der Waals surface area (Å²) in [7, 11) is 2.14. The normalized spacial score (nSPS) is 30.0. The first-order valence-corrected chi connectivity index (χ1v) is 4.72. The molecule has 0 aromatic heterocycles. The minimum Gasteiger partial charge on any atom is -0.356 e. The van der Waals surface area contributed by atoms with Crippen LogP contribution in [0.5, 0.6) is 0 Å². The highest BCUT2D eigenvalue weighted by atomic mass is 15.2. The van der Waals surface area contributed by atoms with Gasteiger partial charge >= 0.3 is 0 Å². The van der Waals surface area contributed by atoms with E-state index in [4.69, 9.17) is 0 Å². The van der Waals surface area contributed by atoms with Crippen molar-refractivity contribution in [3.8, 4) is 0 Å². The molecule has 0 saturated heterocycles. The van der Waals surface area contributed by atoms with E-state index in [1.54, 1.807) is 0 Å². The van der Waals surface area contributed by atoms with E-state index >= 15 is 0 Å². The summed E-state index contributed by atoms with van der Waals surface area (Å²) < 4.78 is 0. The van der Waals surface area contributed by atoms with E-state index in [-0.39, 0.29) is 0 Å². The number of rotatable bonds is 1. The lowest BCUT2D eigenvalue weighted by Gasteiger charge is -2.39. The van der Waals surface area contributed by atoms with Crippen molar-refractivity contribution in [3.05, 3.63) is 11.8 Å². The monoisotopic (exact) mass is 164 g/mol. The molecule has 1 aliphatic heterocycles. The number of aliphatic imine (C=N–C) groups is 1. The second kappa shape index (κ2) is 2.92. The molecule has 2 rings (SSSR count). The Labute approximate surface area is 74.0 Å². The summed E-state index contributed by atoms with van der Waals surface area (Å²) in [6, 6.07) is 0. The Morgan fingerprint density at radius 2 is 2.25 bits per heavy atom. The van der Waals surface area contributed by atoms with E-state index in [0.717, 1.165) is 5.92 Å². The first kappa shape index (κ1) is 7.84. The molecule has 1 saturated carbocycles. The van der Waals surface area contributed by atoms with Crippen LogP contribution in [0.15, 0.2) is 16.8 Å². The molecule has 2 aliphatic rings. The van der Waals surface area contributed by atoms with Crippen molar-refractivity contribution in [2.24, 2.45) is 10.9 Å². The van der Waals surface area contributed by atoms with Gasteiger partial charge in [0.1, 0.15) is 6.17 Å². The van der Waals surface area contributed by atoms with Crippen LogP contribution in [0.1, 0.15) is 26.2 Å². The van der Waals surface area contributed by atoms with Gasteiger partial charge in [-0.15, -0.1) is 0 Å². The van der Waals surface area contributed by atoms with E-state index < -0.39 is 0 Å². The van der Waals surface area contributed by atoms with Gasteiger partial charge in [0.05, 0.1) is 0 Å². The average Bonchev–Trinajstić information content (AvgIpc) is 1.95. The van der Waals surface area contributed by atoms with Crippen molar-refractivity contribution in [3.63, 3.8) is 0 Å². The molecular formula is C10H16N2. The summed E-state index contributed by atoms with van der Waals surface area (Å²) in [4.78, 5) is 6.80. The van der Waals surface area contributed by atoms with Crippen LogP contribution < -0.4 is 0 Å². The fraction of sp³-hybridized carbons (Fsp3) is 0.700.